The van der Waals surface area contributed by atoms with Crippen LogP contribution in [0, 0.1) is 19.7 Å². The van der Waals surface area contributed by atoms with Crippen molar-refractivity contribution < 1.29 is 14.3 Å². The highest BCUT2D eigenvalue weighted by atomic mass is 19.1. The molecule has 2 nitrogen and oxygen atoms in total. The summed E-state index contributed by atoms with van der Waals surface area (Å²) in [6, 6.07) is 10.1. The van der Waals surface area contributed by atoms with Crippen molar-refractivity contribution in [2.75, 3.05) is 0 Å². The summed E-state index contributed by atoms with van der Waals surface area (Å²) in [4.78, 5) is 11.0. The largest absolute Gasteiger partial charge is 0.478 e. The Morgan fingerprint density at radius 3 is 2.39 bits per heavy atom. The van der Waals surface area contributed by atoms with Crippen LogP contribution in [-0.2, 0) is 0 Å². The van der Waals surface area contributed by atoms with Gasteiger partial charge in [0.2, 0.25) is 0 Å². The molecule has 0 unspecified atom stereocenters. The van der Waals surface area contributed by atoms with E-state index >= 15 is 0 Å². The molecule has 0 spiro atoms. The van der Waals surface area contributed by atoms with E-state index in [-0.39, 0.29) is 5.56 Å². The molecule has 2 rings (SSSR count). The van der Waals surface area contributed by atoms with Gasteiger partial charge in [0, 0.05) is 0 Å². The van der Waals surface area contributed by atoms with E-state index in [4.69, 9.17) is 5.11 Å². The smallest absolute Gasteiger partial charge is 0.335 e. The third-order valence-electron chi connectivity index (χ3n) is 3.03. The average Bonchev–Trinajstić information content (AvgIpc) is 2.33. The lowest BCUT2D eigenvalue weighted by molar-refractivity contribution is 0.0696. The summed E-state index contributed by atoms with van der Waals surface area (Å²) in [5.74, 6) is -1.61. The van der Waals surface area contributed by atoms with Crippen molar-refractivity contribution in [1.82, 2.24) is 0 Å². The number of hydrogen-bond acceptors (Lipinski definition) is 1. The van der Waals surface area contributed by atoms with Crippen molar-refractivity contribution in [2.45, 2.75) is 13.8 Å². The Balaban J connectivity index is 2.71. The summed E-state index contributed by atoms with van der Waals surface area (Å²) < 4.78 is 13.8. The topological polar surface area (TPSA) is 37.3 Å². The standard InChI is InChI=1S/C15H13FO2/c1-9-5-3-4-6-12(9)13-7-11(15(17)18)8-14(16)10(13)2/h3-8H,1-2H3,(H,17,18). The minimum atomic E-state index is -1.12. The van der Waals surface area contributed by atoms with Crippen molar-refractivity contribution >= 4 is 5.97 Å². The number of halogens is 1. The number of benzene rings is 2. The third-order valence-corrected chi connectivity index (χ3v) is 3.03. The van der Waals surface area contributed by atoms with Gasteiger partial charge in [-0.25, -0.2) is 9.18 Å². The van der Waals surface area contributed by atoms with E-state index in [0.29, 0.717) is 11.1 Å². The van der Waals surface area contributed by atoms with Gasteiger partial charge in [0.15, 0.2) is 0 Å². The zero-order valence-corrected chi connectivity index (χ0v) is 10.2. The van der Waals surface area contributed by atoms with Crippen LogP contribution in [0.1, 0.15) is 21.5 Å². The number of hydrogen-bond donors (Lipinski definition) is 1. The van der Waals surface area contributed by atoms with Crippen molar-refractivity contribution in [3.8, 4) is 11.1 Å². The Morgan fingerprint density at radius 2 is 1.78 bits per heavy atom. The lowest BCUT2D eigenvalue weighted by atomic mass is 9.94. The number of carboxylic acid groups (broad SMARTS) is 1. The van der Waals surface area contributed by atoms with Crippen molar-refractivity contribution in [2.24, 2.45) is 0 Å². The third kappa shape index (κ3) is 2.12. The van der Waals surface area contributed by atoms with Gasteiger partial charge in [0.05, 0.1) is 5.56 Å². The van der Waals surface area contributed by atoms with Crippen LogP contribution >= 0.6 is 0 Å². The SMILES string of the molecule is Cc1ccccc1-c1cc(C(=O)O)cc(F)c1C. The molecule has 1 N–H and O–H groups in total. The second kappa shape index (κ2) is 4.61. The van der Waals surface area contributed by atoms with Gasteiger partial charge in [-0.1, -0.05) is 24.3 Å². The summed E-state index contributed by atoms with van der Waals surface area (Å²) in [7, 11) is 0. The van der Waals surface area contributed by atoms with Crippen LogP contribution in [0.2, 0.25) is 0 Å². The van der Waals surface area contributed by atoms with E-state index in [0.717, 1.165) is 17.2 Å². The lowest BCUT2D eigenvalue weighted by Crippen LogP contribution is -2.00. The molecule has 2 aromatic carbocycles. The van der Waals surface area contributed by atoms with Crippen LogP contribution in [0.3, 0.4) is 0 Å². The fourth-order valence-corrected chi connectivity index (χ4v) is 1.96. The summed E-state index contributed by atoms with van der Waals surface area (Å²) in [6.07, 6.45) is 0. The van der Waals surface area contributed by atoms with Gasteiger partial charge in [-0.3, -0.25) is 0 Å². The molecule has 0 saturated heterocycles. The number of aryl methyl sites for hydroxylation is 1. The van der Waals surface area contributed by atoms with Gasteiger partial charge in [0.25, 0.3) is 0 Å². The first-order valence-corrected chi connectivity index (χ1v) is 5.60. The van der Waals surface area contributed by atoms with Gasteiger partial charge in [0.1, 0.15) is 5.82 Å². The van der Waals surface area contributed by atoms with Crippen LogP contribution in [0.4, 0.5) is 4.39 Å². The van der Waals surface area contributed by atoms with Crippen LogP contribution in [0.5, 0.6) is 0 Å². The Kier molecular flexibility index (Phi) is 3.15. The van der Waals surface area contributed by atoms with Gasteiger partial charge in [-0.2, -0.15) is 0 Å². The van der Waals surface area contributed by atoms with E-state index in [1.807, 2.05) is 31.2 Å². The molecule has 0 atom stereocenters. The van der Waals surface area contributed by atoms with Gasteiger partial charge in [-0.05, 0) is 48.2 Å². The first kappa shape index (κ1) is 12.3. The summed E-state index contributed by atoms with van der Waals surface area (Å²) in [5, 5.41) is 8.97. The monoisotopic (exact) mass is 244 g/mol. The molecule has 2 aromatic rings. The molecular formula is C15H13FO2. The van der Waals surface area contributed by atoms with Crippen LogP contribution in [-0.4, -0.2) is 11.1 Å². The van der Waals surface area contributed by atoms with E-state index in [1.54, 1.807) is 6.92 Å². The van der Waals surface area contributed by atoms with Gasteiger partial charge >= 0.3 is 5.97 Å². The molecule has 0 amide bonds. The maximum Gasteiger partial charge on any atom is 0.335 e. The molecule has 3 heteroatoms. The zero-order chi connectivity index (χ0) is 13.3. The number of aromatic carboxylic acids is 1. The highest BCUT2D eigenvalue weighted by molar-refractivity contribution is 5.90. The minimum Gasteiger partial charge on any atom is -0.478 e. The predicted molar refractivity (Wildman–Crippen MR) is 68.3 cm³/mol. The highest BCUT2D eigenvalue weighted by Gasteiger charge is 2.13. The molecule has 0 radical (unpaired) electrons. The van der Waals surface area contributed by atoms with Crippen molar-refractivity contribution in [3.63, 3.8) is 0 Å². The summed E-state index contributed by atoms with van der Waals surface area (Å²) >= 11 is 0. The van der Waals surface area contributed by atoms with Crippen molar-refractivity contribution in [3.05, 3.63) is 58.9 Å². The molecule has 0 saturated carbocycles. The Labute approximate surface area is 105 Å². The molecule has 0 bridgehead atoms. The quantitative estimate of drug-likeness (QED) is 0.872. The Hall–Kier alpha value is -2.16. The van der Waals surface area contributed by atoms with E-state index < -0.39 is 11.8 Å². The lowest BCUT2D eigenvalue weighted by Gasteiger charge is -2.11. The molecule has 0 aliphatic heterocycles. The van der Waals surface area contributed by atoms with Crippen LogP contribution in [0.25, 0.3) is 11.1 Å². The average molecular weight is 244 g/mol. The van der Waals surface area contributed by atoms with E-state index in [9.17, 15) is 9.18 Å². The molecule has 92 valence electrons. The molecule has 18 heavy (non-hydrogen) atoms. The maximum absolute atomic E-state index is 13.8. The van der Waals surface area contributed by atoms with Crippen LogP contribution in [0.15, 0.2) is 36.4 Å². The number of carbonyl (C=O) groups is 1. The van der Waals surface area contributed by atoms with Crippen molar-refractivity contribution in [1.29, 1.82) is 0 Å². The second-order valence-corrected chi connectivity index (χ2v) is 4.25. The van der Waals surface area contributed by atoms with Crippen LogP contribution < -0.4 is 0 Å². The fraction of sp³-hybridized carbons (Fsp3) is 0.133. The summed E-state index contributed by atoms with van der Waals surface area (Å²) in [5.41, 5.74) is 2.91. The highest BCUT2D eigenvalue weighted by Crippen LogP contribution is 2.29. The molecule has 0 aliphatic rings. The van der Waals surface area contributed by atoms with Gasteiger partial charge in [-0.15, -0.1) is 0 Å². The first-order valence-electron chi connectivity index (χ1n) is 5.60. The van der Waals surface area contributed by atoms with E-state index in [1.165, 1.54) is 6.07 Å². The first-order chi connectivity index (χ1) is 8.50. The number of carboxylic acids is 1. The normalized spacial score (nSPS) is 10.4. The minimum absolute atomic E-state index is 0.0312. The zero-order valence-electron chi connectivity index (χ0n) is 10.2. The van der Waals surface area contributed by atoms with Gasteiger partial charge < -0.3 is 5.11 Å². The fourth-order valence-electron chi connectivity index (χ4n) is 1.96. The molecule has 0 heterocycles. The van der Waals surface area contributed by atoms with E-state index in [2.05, 4.69) is 0 Å². The molecule has 0 aromatic heterocycles. The molecule has 0 aliphatic carbocycles. The second-order valence-electron chi connectivity index (χ2n) is 4.25. The summed E-state index contributed by atoms with van der Waals surface area (Å²) in [6.45, 7) is 3.57. The number of rotatable bonds is 2. The maximum atomic E-state index is 13.8. The molecule has 0 fully saturated rings. The molecular weight excluding hydrogens is 231 g/mol. The predicted octanol–water partition coefficient (Wildman–Crippen LogP) is 3.81. The Bertz CT molecular complexity index is 618. The Morgan fingerprint density at radius 1 is 1.11 bits per heavy atom.